The van der Waals surface area contributed by atoms with E-state index in [4.69, 9.17) is 4.74 Å². The molecule has 7 heteroatoms. The average Bonchev–Trinajstić information content (AvgIpc) is 3.47. The Labute approximate surface area is 188 Å². The number of ether oxygens (including phenoxy) is 1. The molecule has 4 heterocycles. The van der Waals surface area contributed by atoms with Crippen molar-refractivity contribution in [2.75, 3.05) is 20.2 Å². The van der Waals surface area contributed by atoms with Crippen LogP contribution in [0.2, 0.25) is 0 Å². The number of fused-ring (bicyclic) bond motifs is 1. The number of piperidine rings is 1. The second kappa shape index (κ2) is 8.74. The first kappa shape index (κ1) is 20.7. The molecule has 1 aliphatic rings. The maximum absolute atomic E-state index is 5.06. The maximum Gasteiger partial charge on any atom is 0.316 e. The molecule has 7 nitrogen and oxygen atoms in total. The molecule has 5 rings (SSSR count). The predicted octanol–water partition coefficient (Wildman–Crippen LogP) is 4.86. The lowest BCUT2D eigenvalue weighted by Gasteiger charge is -2.32. The Kier molecular flexibility index (Phi) is 5.66. The summed E-state index contributed by atoms with van der Waals surface area (Å²) in [6.07, 6.45) is 9.91. The van der Waals surface area contributed by atoms with Crippen LogP contribution in [0.25, 0.3) is 22.2 Å². The van der Waals surface area contributed by atoms with Gasteiger partial charge in [-0.15, -0.1) is 0 Å². The van der Waals surface area contributed by atoms with Crippen LogP contribution in [0.5, 0.6) is 6.01 Å². The van der Waals surface area contributed by atoms with Gasteiger partial charge in [0.25, 0.3) is 0 Å². The van der Waals surface area contributed by atoms with E-state index in [1.807, 2.05) is 24.8 Å². The number of aromatic amines is 2. The van der Waals surface area contributed by atoms with E-state index in [9.17, 15) is 0 Å². The lowest BCUT2D eigenvalue weighted by molar-refractivity contribution is 0.204. The van der Waals surface area contributed by atoms with Gasteiger partial charge in [0.15, 0.2) is 0 Å². The number of hydrogen-bond donors (Lipinski definition) is 2. The third kappa shape index (κ3) is 4.00. The van der Waals surface area contributed by atoms with Crippen molar-refractivity contribution in [3.8, 4) is 17.3 Å². The van der Waals surface area contributed by atoms with E-state index >= 15 is 0 Å². The Morgan fingerprint density at radius 3 is 2.56 bits per heavy atom. The van der Waals surface area contributed by atoms with E-state index in [-0.39, 0.29) is 0 Å². The van der Waals surface area contributed by atoms with Crippen LogP contribution in [0.1, 0.15) is 55.2 Å². The molecule has 0 bridgehead atoms. The van der Waals surface area contributed by atoms with Gasteiger partial charge >= 0.3 is 6.01 Å². The van der Waals surface area contributed by atoms with Gasteiger partial charge in [-0.1, -0.05) is 19.9 Å². The number of hydrogen-bond acceptors (Lipinski definition) is 5. The van der Waals surface area contributed by atoms with Crippen molar-refractivity contribution in [1.82, 2.24) is 30.0 Å². The zero-order chi connectivity index (χ0) is 22.1. The van der Waals surface area contributed by atoms with Gasteiger partial charge in [0.1, 0.15) is 0 Å². The highest BCUT2D eigenvalue weighted by Crippen LogP contribution is 2.38. The first-order valence-corrected chi connectivity index (χ1v) is 11.3. The van der Waals surface area contributed by atoms with Gasteiger partial charge < -0.3 is 9.72 Å². The molecule has 0 aliphatic carbocycles. The van der Waals surface area contributed by atoms with Crippen molar-refractivity contribution >= 4 is 10.9 Å². The van der Waals surface area contributed by atoms with Crippen molar-refractivity contribution in [3.05, 3.63) is 59.7 Å². The first-order chi connectivity index (χ1) is 15.6. The SMILES string of the molecule is COc1ncc(CN2CCC(c3ccc4[nH]c(-c5cn[nH]c5)c(C(C)C)c4c3)CC2)cn1. The van der Waals surface area contributed by atoms with Gasteiger partial charge in [-0.25, -0.2) is 9.97 Å². The average molecular weight is 431 g/mol. The smallest absolute Gasteiger partial charge is 0.316 e. The lowest BCUT2D eigenvalue weighted by Crippen LogP contribution is -2.32. The standard InChI is InChI=1S/C25H30N6O/c1-16(2)23-21-10-19(4-5-22(21)30-24(23)20-13-28-29-14-20)18-6-8-31(9-7-18)15-17-11-26-25(32-3)27-12-17/h4-5,10-14,16,18,30H,6-9,15H2,1-3H3,(H,28,29). The largest absolute Gasteiger partial charge is 0.467 e. The zero-order valence-electron chi connectivity index (χ0n) is 18.9. The molecule has 1 saturated heterocycles. The highest BCUT2D eigenvalue weighted by molar-refractivity contribution is 5.91. The maximum atomic E-state index is 5.06. The summed E-state index contributed by atoms with van der Waals surface area (Å²) in [4.78, 5) is 14.6. The minimum atomic E-state index is 0.421. The number of aromatic nitrogens is 5. The third-order valence-electron chi connectivity index (χ3n) is 6.56. The Balaban J connectivity index is 1.32. The van der Waals surface area contributed by atoms with Crippen molar-refractivity contribution < 1.29 is 4.74 Å². The second-order valence-corrected chi connectivity index (χ2v) is 8.99. The molecule has 3 aromatic heterocycles. The van der Waals surface area contributed by atoms with E-state index < -0.39 is 0 Å². The van der Waals surface area contributed by atoms with E-state index in [2.05, 4.69) is 62.1 Å². The Bertz CT molecular complexity index is 1170. The lowest BCUT2D eigenvalue weighted by atomic mass is 9.87. The van der Waals surface area contributed by atoms with E-state index in [1.165, 1.54) is 40.6 Å². The van der Waals surface area contributed by atoms with Crippen LogP contribution < -0.4 is 4.74 Å². The van der Waals surface area contributed by atoms with Crippen molar-refractivity contribution in [3.63, 3.8) is 0 Å². The molecular weight excluding hydrogens is 400 g/mol. The van der Waals surface area contributed by atoms with Crippen molar-refractivity contribution in [1.29, 1.82) is 0 Å². The minimum Gasteiger partial charge on any atom is -0.467 e. The van der Waals surface area contributed by atoms with Gasteiger partial charge in [0, 0.05) is 47.2 Å². The van der Waals surface area contributed by atoms with Crippen LogP contribution in [0.4, 0.5) is 0 Å². The minimum absolute atomic E-state index is 0.421. The van der Waals surface area contributed by atoms with Gasteiger partial charge in [-0.3, -0.25) is 10.00 Å². The number of nitrogens with one attached hydrogen (secondary N) is 2. The molecule has 0 atom stereocenters. The fourth-order valence-corrected chi connectivity index (χ4v) is 4.91. The molecule has 0 spiro atoms. The molecule has 0 saturated carbocycles. The molecule has 0 amide bonds. The summed E-state index contributed by atoms with van der Waals surface area (Å²) in [5, 5.41) is 8.42. The fraction of sp³-hybridized carbons (Fsp3) is 0.400. The summed E-state index contributed by atoms with van der Waals surface area (Å²) >= 11 is 0. The van der Waals surface area contributed by atoms with Gasteiger partial charge in [-0.2, -0.15) is 5.10 Å². The highest BCUT2D eigenvalue weighted by Gasteiger charge is 2.23. The quantitative estimate of drug-likeness (QED) is 0.456. The van der Waals surface area contributed by atoms with Crippen molar-refractivity contribution in [2.24, 2.45) is 0 Å². The zero-order valence-corrected chi connectivity index (χ0v) is 18.9. The molecule has 1 aromatic carbocycles. The van der Waals surface area contributed by atoms with Crippen LogP contribution >= 0.6 is 0 Å². The van der Waals surface area contributed by atoms with Gasteiger partial charge in [0.05, 0.1) is 19.0 Å². The molecule has 1 aliphatic heterocycles. The number of methoxy groups -OCH3 is 1. The van der Waals surface area contributed by atoms with Crippen LogP contribution in [0.3, 0.4) is 0 Å². The third-order valence-corrected chi connectivity index (χ3v) is 6.56. The van der Waals surface area contributed by atoms with Crippen LogP contribution in [-0.4, -0.2) is 50.2 Å². The Hall–Kier alpha value is -3.19. The molecule has 1 fully saturated rings. The van der Waals surface area contributed by atoms with Gasteiger partial charge in [0.2, 0.25) is 0 Å². The normalized spacial score (nSPS) is 15.6. The summed E-state index contributed by atoms with van der Waals surface area (Å²) in [5.41, 5.74) is 7.45. The number of likely N-dealkylation sites (tertiary alicyclic amines) is 1. The monoisotopic (exact) mass is 430 g/mol. The molecule has 32 heavy (non-hydrogen) atoms. The topological polar surface area (TPSA) is 82.7 Å². The van der Waals surface area contributed by atoms with E-state index in [0.29, 0.717) is 17.8 Å². The number of rotatable bonds is 6. The molecule has 2 N–H and O–H groups in total. The van der Waals surface area contributed by atoms with E-state index in [0.717, 1.165) is 30.8 Å². The Morgan fingerprint density at radius 1 is 1.12 bits per heavy atom. The highest BCUT2D eigenvalue weighted by atomic mass is 16.5. The first-order valence-electron chi connectivity index (χ1n) is 11.3. The molecule has 4 aromatic rings. The summed E-state index contributed by atoms with van der Waals surface area (Å²) in [6.45, 7) is 7.58. The summed E-state index contributed by atoms with van der Waals surface area (Å²) in [6, 6.07) is 7.40. The van der Waals surface area contributed by atoms with Crippen molar-refractivity contribution in [2.45, 2.75) is 45.1 Å². The summed E-state index contributed by atoms with van der Waals surface area (Å²) in [7, 11) is 1.59. The molecule has 166 valence electrons. The van der Waals surface area contributed by atoms with Crippen LogP contribution in [0.15, 0.2) is 43.0 Å². The number of H-pyrrole nitrogens is 2. The molecular formula is C25H30N6O. The number of nitrogens with zero attached hydrogens (tertiary/aromatic N) is 4. The number of benzene rings is 1. The fourth-order valence-electron chi connectivity index (χ4n) is 4.91. The van der Waals surface area contributed by atoms with Crippen LogP contribution in [-0.2, 0) is 6.54 Å². The summed E-state index contributed by atoms with van der Waals surface area (Å²) in [5.74, 6) is 1.02. The Morgan fingerprint density at radius 2 is 1.91 bits per heavy atom. The molecule has 0 radical (unpaired) electrons. The van der Waals surface area contributed by atoms with Crippen LogP contribution in [0, 0.1) is 0 Å². The van der Waals surface area contributed by atoms with E-state index in [1.54, 1.807) is 7.11 Å². The van der Waals surface area contributed by atoms with Gasteiger partial charge in [-0.05, 0) is 61.0 Å². The molecule has 0 unspecified atom stereocenters. The second-order valence-electron chi connectivity index (χ2n) is 8.99. The predicted molar refractivity (Wildman–Crippen MR) is 126 cm³/mol. The summed E-state index contributed by atoms with van der Waals surface area (Å²) < 4.78 is 5.06.